The number of carbonyl (C=O) groups excluding carboxylic acids is 2. The van der Waals surface area contributed by atoms with E-state index in [4.69, 9.17) is 0 Å². The SMILES string of the molecule is Cc1ccc(C(=O)N2CCN(C(=O)c3ccc4ccccc4c3)CC2)cc1C. The summed E-state index contributed by atoms with van der Waals surface area (Å²) in [7, 11) is 0. The van der Waals surface area contributed by atoms with Crippen LogP contribution in [0, 0.1) is 13.8 Å². The van der Waals surface area contributed by atoms with Crippen LogP contribution in [-0.4, -0.2) is 47.8 Å². The van der Waals surface area contributed by atoms with E-state index in [0.29, 0.717) is 31.7 Å². The Hall–Kier alpha value is -3.14. The molecule has 4 nitrogen and oxygen atoms in total. The molecule has 0 atom stereocenters. The largest absolute Gasteiger partial charge is 0.335 e. The van der Waals surface area contributed by atoms with E-state index in [-0.39, 0.29) is 11.8 Å². The smallest absolute Gasteiger partial charge is 0.253 e. The van der Waals surface area contributed by atoms with E-state index in [9.17, 15) is 9.59 Å². The third-order valence-corrected chi connectivity index (χ3v) is 5.60. The van der Waals surface area contributed by atoms with Crippen LogP contribution in [0.25, 0.3) is 10.8 Å². The van der Waals surface area contributed by atoms with E-state index in [0.717, 1.165) is 21.9 Å². The molecule has 0 bridgehead atoms. The van der Waals surface area contributed by atoms with Crippen LogP contribution in [0.4, 0.5) is 0 Å². The van der Waals surface area contributed by atoms with E-state index in [1.54, 1.807) is 0 Å². The summed E-state index contributed by atoms with van der Waals surface area (Å²) in [6.07, 6.45) is 0. The fourth-order valence-electron chi connectivity index (χ4n) is 3.67. The molecule has 3 aromatic rings. The van der Waals surface area contributed by atoms with Gasteiger partial charge in [-0.05, 0) is 60.0 Å². The average molecular weight is 372 g/mol. The Kier molecular flexibility index (Phi) is 4.86. The molecule has 0 aromatic heterocycles. The van der Waals surface area contributed by atoms with Crippen LogP contribution in [-0.2, 0) is 0 Å². The Labute approximate surface area is 165 Å². The predicted octanol–water partition coefficient (Wildman–Crippen LogP) is 4.05. The van der Waals surface area contributed by atoms with E-state index < -0.39 is 0 Å². The standard InChI is InChI=1S/C24H24N2O2/c1-17-7-8-21(15-18(17)2)23(27)25-11-13-26(14-12-25)24(28)22-10-9-19-5-3-4-6-20(19)16-22/h3-10,15-16H,11-14H2,1-2H3. The number of aryl methyl sites for hydroxylation is 2. The molecule has 3 aromatic carbocycles. The topological polar surface area (TPSA) is 40.6 Å². The summed E-state index contributed by atoms with van der Waals surface area (Å²) < 4.78 is 0. The summed E-state index contributed by atoms with van der Waals surface area (Å²) in [5.74, 6) is 0.0740. The zero-order valence-corrected chi connectivity index (χ0v) is 16.3. The highest BCUT2D eigenvalue weighted by atomic mass is 16.2. The number of rotatable bonds is 2. The molecule has 0 saturated carbocycles. The molecule has 1 heterocycles. The quantitative estimate of drug-likeness (QED) is 0.681. The summed E-state index contributed by atoms with van der Waals surface area (Å²) in [5, 5.41) is 2.19. The van der Waals surface area contributed by atoms with Gasteiger partial charge in [-0.25, -0.2) is 0 Å². The molecule has 0 N–H and O–H groups in total. The first-order valence-corrected chi connectivity index (χ1v) is 9.67. The first kappa shape index (κ1) is 18.2. The maximum atomic E-state index is 12.9. The zero-order chi connectivity index (χ0) is 19.7. The number of piperazine rings is 1. The Morgan fingerprint density at radius 2 is 1.18 bits per heavy atom. The van der Waals surface area contributed by atoms with E-state index >= 15 is 0 Å². The van der Waals surface area contributed by atoms with Crippen LogP contribution in [0.2, 0.25) is 0 Å². The molecule has 28 heavy (non-hydrogen) atoms. The number of fused-ring (bicyclic) bond motifs is 1. The van der Waals surface area contributed by atoms with Crippen LogP contribution < -0.4 is 0 Å². The second kappa shape index (κ2) is 7.47. The molecule has 1 fully saturated rings. The van der Waals surface area contributed by atoms with Crippen molar-refractivity contribution in [2.24, 2.45) is 0 Å². The third-order valence-electron chi connectivity index (χ3n) is 5.60. The fourth-order valence-corrected chi connectivity index (χ4v) is 3.67. The Balaban J connectivity index is 1.43. The predicted molar refractivity (Wildman–Crippen MR) is 112 cm³/mol. The maximum absolute atomic E-state index is 12.9. The van der Waals surface area contributed by atoms with Crippen LogP contribution >= 0.6 is 0 Å². The van der Waals surface area contributed by atoms with Crippen molar-refractivity contribution in [1.82, 2.24) is 9.80 Å². The number of amides is 2. The summed E-state index contributed by atoms with van der Waals surface area (Å²) in [6, 6.07) is 19.7. The van der Waals surface area contributed by atoms with Crippen molar-refractivity contribution in [3.63, 3.8) is 0 Å². The minimum Gasteiger partial charge on any atom is -0.335 e. The Morgan fingerprint density at radius 1 is 0.643 bits per heavy atom. The lowest BCUT2D eigenvalue weighted by Crippen LogP contribution is -2.50. The van der Waals surface area contributed by atoms with Gasteiger partial charge in [0.1, 0.15) is 0 Å². The van der Waals surface area contributed by atoms with Gasteiger partial charge >= 0.3 is 0 Å². The molecule has 4 rings (SSSR count). The van der Waals surface area contributed by atoms with Crippen LogP contribution in [0.3, 0.4) is 0 Å². The van der Waals surface area contributed by atoms with Crippen LogP contribution in [0.5, 0.6) is 0 Å². The summed E-state index contributed by atoms with van der Waals surface area (Å²) in [6.45, 7) is 6.30. The monoisotopic (exact) mass is 372 g/mol. The highest BCUT2D eigenvalue weighted by molar-refractivity contribution is 5.99. The second-order valence-corrected chi connectivity index (χ2v) is 7.45. The molecule has 1 saturated heterocycles. The number of hydrogen-bond acceptors (Lipinski definition) is 2. The van der Waals surface area contributed by atoms with E-state index in [1.165, 1.54) is 5.56 Å². The summed E-state index contributed by atoms with van der Waals surface area (Å²) in [4.78, 5) is 29.4. The molecule has 142 valence electrons. The highest BCUT2D eigenvalue weighted by Crippen LogP contribution is 2.18. The number of nitrogens with zero attached hydrogens (tertiary/aromatic N) is 2. The van der Waals surface area contributed by atoms with Crippen molar-refractivity contribution in [2.75, 3.05) is 26.2 Å². The lowest BCUT2D eigenvalue weighted by molar-refractivity contribution is 0.0535. The molecular weight excluding hydrogens is 348 g/mol. The van der Waals surface area contributed by atoms with Gasteiger partial charge in [-0.3, -0.25) is 9.59 Å². The molecule has 0 unspecified atom stereocenters. The van der Waals surface area contributed by atoms with Gasteiger partial charge in [-0.2, -0.15) is 0 Å². The van der Waals surface area contributed by atoms with Crippen molar-refractivity contribution in [1.29, 1.82) is 0 Å². The van der Waals surface area contributed by atoms with E-state index in [1.807, 2.05) is 84.3 Å². The van der Waals surface area contributed by atoms with Crippen molar-refractivity contribution < 1.29 is 9.59 Å². The van der Waals surface area contributed by atoms with Crippen LogP contribution in [0.1, 0.15) is 31.8 Å². The highest BCUT2D eigenvalue weighted by Gasteiger charge is 2.25. The van der Waals surface area contributed by atoms with Gasteiger partial charge in [0.05, 0.1) is 0 Å². The Bertz CT molecular complexity index is 1050. The minimum atomic E-state index is 0.0315. The molecule has 2 amide bonds. The van der Waals surface area contributed by atoms with Crippen molar-refractivity contribution in [3.05, 3.63) is 82.9 Å². The van der Waals surface area contributed by atoms with Gasteiger partial charge in [0, 0.05) is 37.3 Å². The summed E-state index contributed by atoms with van der Waals surface area (Å²) >= 11 is 0. The minimum absolute atomic E-state index is 0.0315. The van der Waals surface area contributed by atoms with Crippen molar-refractivity contribution >= 4 is 22.6 Å². The number of hydrogen-bond donors (Lipinski definition) is 0. The lowest BCUT2D eigenvalue weighted by Gasteiger charge is -2.35. The molecular formula is C24H24N2O2. The lowest BCUT2D eigenvalue weighted by atomic mass is 10.0. The van der Waals surface area contributed by atoms with Crippen LogP contribution in [0.15, 0.2) is 60.7 Å². The van der Waals surface area contributed by atoms with Crippen molar-refractivity contribution in [2.45, 2.75) is 13.8 Å². The summed E-state index contributed by atoms with van der Waals surface area (Å²) in [5.41, 5.74) is 3.73. The van der Waals surface area contributed by atoms with Gasteiger partial charge in [-0.15, -0.1) is 0 Å². The maximum Gasteiger partial charge on any atom is 0.253 e. The first-order chi connectivity index (χ1) is 13.5. The fraction of sp³-hybridized carbons (Fsp3) is 0.250. The van der Waals surface area contributed by atoms with Crippen molar-refractivity contribution in [3.8, 4) is 0 Å². The normalized spacial score (nSPS) is 14.4. The molecule has 0 spiro atoms. The molecule has 0 radical (unpaired) electrons. The van der Waals surface area contributed by atoms with Gasteiger partial charge < -0.3 is 9.80 Å². The zero-order valence-electron chi connectivity index (χ0n) is 16.3. The number of carbonyl (C=O) groups is 2. The Morgan fingerprint density at radius 3 is 1.79 bits per heavy atom. The molecule has 4 heteroatoms. The van der Waals surface area contributed by atoms with Gasteiger partial charge in [-0.1, -0.05) is 36.4 Å². The average Bonchev–Trinajstić information content (AvgIpc) is 2.74. The van der Waals surface area contributed by atoms with Gasteiger partial charge in [0.2, 0.25) is 0 Å². The first-order valence-electron chi connectivity index (χ1n) is 9.67. The molecule has 1 aliphatic rings. The van der Waals surface area contributed by atoms with E-state index in [2.05, 4.69) is 0 Å². The molecule has 0 aliphatic carbocycles. The van der Waals surface area contributed by atoms with Gasteiger partial charge in [0.25, 0.3) is 11.8 Å². The second-order valence-electron chi connectivity index (χ2n) is 7.45. The molecule has 1 aliphatic heterocycles. The number of benzene rings is 3. The third kappa shape index (κ3) is 3.50. The van der Waals surface area contributed by atoms with Gasteiger partial charge in [0.15, 0.2) is 0 Å².